The van der Waals surface area contributed by atoms with Crippen LogP contribution in [-0.2, 0) is 14.2 Å². The number of ether oxygens (including phenoxy) is 3. The highest BCUT2D eigenvalue weighted by molar-refractivity contribution is 5.98. The van der Waals surface area contributed by atoms with Gasteiger partial charge in [-0.05, 0) is 12.1 Å². The van der Waals surface area contributed by atoms with Gasteiger partial charge in [0, 0.05) is 0 Å². The molecule has 1 fully saturated rings. The Hall–Kier alpha value is -1.66. The lowest BCUT2D eigenvalue weighted by Gasteiger charge is -2.20. The average Bonchev–Trinajstić information content (AvgIpc) is 2.87. The van der Waals surface area contributed by atoms with Gasteiger partial charge in [-0.3, -0.25) is 4.79 Å². The number of rotatable bonds is 3. The summed E-state index contributed by atoms with van der Waals surface area (Å²) in [4.78, 5) is 23.0. The van der Waals surface area contributed by atoms with Crippen molar-refractivity contribution in [2.45, 2.75) is 6.10 Å². The predicted octanol–water partition coefficient (Wildman–Crippen LogP) is 0.664. The summed E-state index contributed by atoms with van der Waals surface area (Å²) in [5, 5.41) is 0. The Bertz CT molecular complexity index is 415. The van der Waals surface area contributed by atoms with Crippen molar-refractivity contribution in [2.24, 2.45) is 0 Å². The molecule has 6 heteroatoms. The van der Waals surface area contributed by atoms with Gasteiger partial charge in [-0.2, -0.15) is 0 Å². The Morgan fingerprint density at radius 2 is 2.06 bits per heavy atom. The van der Waals surface area contributed by atoms with Gasteiger partial charge in [0.1, 0.15) is 6.10 Å². The number of methoxy groups -OCH3 is 1. The lowest BCUT2D eigenvalue weighted by molar-refractivity contribution is -0.0726. The van der Waals surface area contributed by atoms with Crippen LogP contribution in [0.15, 0.2) is 16.5 Å². The molecule has 0 bridgehead atoms. The van der Waals surface area contributed by atoms with Gasteiger partial charge in [0.25, 0.3) is 0 Å². The molecule has 1 atom stereocenters. The smallest absolute Gasteiger partial charge is 0.373 e. The lowest BCUT2D eigenvalue weighted by Crippen LogP contribution is -2.35. The third-order valence-electron chi connectivity index (χ3n) is 2.34. The van der Waals surface area contributed by atoms with Crippen LogP contribution >= 0.6 is 0 Å². The number of carbonyl (C=O) groups excluding carboxylic acids is 2. The van der Waals surface area contributed by atoms with Gasteiger partial charge < -0.3 is 18.6 Å². The highest BCUT2D eigenvalue weighted by Crippen LogP contribution is 2.14. The number of hydrogen-bond acceptors (Lipinski definition) is 6. The van der Waals surface area contributed by atoms with Crippen molar-refractivity contribution in [3.8, 4) is 0 Å². The maximum Gasteiger partial charge on any atom is 0.373 e. The molecule has 0 radical (unpaired) electrons. The van der Waals surface area contributed by atoms with Crippen LogP contribution in [-0.4, -0.2) is 44.8 Å². The molecule has 0 amide bonds. The SMILES string of the molecule is COC(=O)c1ccc(C(=O)C2COCCO2)o1. The molecular formula is C11H12O6. The Labute approximate surface area is 97.4 Å². The first-order chi connectivity index (χ1) is 8.22. The highest BCUT2D eigenvalue weighted by Gasteiger charge is 2.27. The van der Waals surface area contributed by atoms with E-state index in [-0.39, 0.29) is 23.9 Å². The Balaban J connectivity index is 2.08. The van der Waals surface area contributed by atoms with Gasteiger partial charge >= 0.3 is 5.97 Å². The van der Waals surface area contributed by atoms with E-state index < -0.39 is 12.1 Å². The second-order valence-electron chi connectivity index (χ2n) is 3.45. The first-order valence-corrected chi connectivity index (χ1v) is 5.14. The van der Waals surface area contributed by atoms with Crippen LogP contribution in [0.25, 0.3) is 0 Å². The number of ketones is 1. The van der Waals surface area contributed by atoms with Gasteiger partial charge in [0.05, 0.1) is 26.9 Å². The molecule has 1 aromatic rings. The molecule has 1 aromatic heterocycles. The van der Waals surface area contributed by atoms with Crippen LogP contribution in [0, 0.1) is 0 Å². The van der Waals surface area contributed by atoms with Gasteiger partial charge in [-0.15, -0.1) is 0 Å². The molecule has 2 rings (SSSR count). The molecule has 1 unspecified atom stereocenters. The second kappa shape index (κ2) is 5.11. The predicted molar refractivity (Wildman–Crippen MR) is 54.9 cm³/mol. The molecule has 6 nitrogen and oxygen atoms in total. The quantitative estimate of drug-likeness (QED) is 0.570. The van der Waals surface area contributed by atoms with E-state index in [2.05, 4.69) is 4.74 Å². The Kier molecular flexibility index (Phi) is 3.55. The molecule has 2 heterocycles. The zero-order valence-electron chi connectivity index (χ0n) is 9.30. The van der Waals surface area contributed by atoms with Crippen molar-refractivity contribution in [3.63, 3.8) is 0 Å². The Morgan fingerprint density at radius 1 is 1.29 bits per heavy atom. The third-order valence-corrected chi connectivity index (χ3v) is 2.34. The zero-order valence-corrected chi connectivity index (χ0v) is 9.30. The van der Waals surface area contributed by atoms with E-state index in [9.17, 15) is 9.59 Å². The molecule has 0 aromatic carbocycles. The number of furan rings is 1. The van der Waals surface area contributed by atoms with Gasteiger partial charge in [0.15, 0.2) is 5.76 Å². The van der Waals surface area contributed by atoms with Gasteiger partial charge in [0.2, 0.25) is 11.5 Å². The van der Waals surface area contributed by atoms with Crippen molar-refractivity contribution < 1.29 is 28.2 Å². The molecule has 1 saturated heterocycles. The summed E-state index contributed by atoms with van der Waals surface area (Å²) in [5.74, 6) is -0.891. The Morgan fingerprint density at radius 3 is 2.71 bits per heavy atom. The van der Waals surface area contributed by atoms with Crippen molar-refractivity contribution in [1.29, 1.82) is 0 Å². The summed E-state index contributed by atoms with van der Waals surface area (Å²) in [6.07, 6.45) is -0.666. The molecule has 0 saturated carbocycles. The van der Waals surface area contributed by atoms with E-state index in [4.69, 9.17) is 13.9 Å². The minimum absolute atomic E-state index is 0.00687. The van der Waals surface area contributed by atoms with E-state index in [0.29, 0.717) is 13.2 Å². The van der Waals surface area contributed by atoms with Crippen molar-refractivity contribution in [2.75, 3.05) is 26.9 Å². The van der Waals surface area contributed by atoms with Gasteiger partial charge in [-0.25, -0.2) is 4.79 Å². The standard InChI is InChI=1S/C11H12O6/c1-14-11(13)8-3-2-7(17-8)10(12)9-6-15-4-5-16-9/h2-3,9H,4-6H2,1H3. The summed E-state index contributed by atoms with van der Waals surface area (Å²) in [6, 6.07) is 2.81. The lowest BCUT2D eigenvalue weighted by atomic mass is 10.2. The second-order valence-corrected chi connectivity index (χ2v) is 3.45. The van der Waals surface area contributed by atoms with Crippen LogP contribution in [0.3, 0.4) is 0 Å². The number of hydrogen-bond donors (Lipinski definition) is 0. The number of Topliss-reactive ketones (excluding diaryl/α,β-unsaturated/α-hetero) is 1. The molecular weight excluding hydrogens is 228 g/mol. The summed E-state index contributed by atoms with van der Waals surface area (Å²) in [6.45, 7) is 1.06. The molecule has 1 aliphatic heterocycles. The maximum absolute atomic E-state index is 11.9. The van der Waals surface area contributed by atoms with Crippen LogP contribution in [0.5, 0.6) is 0 Å². The molecule has 17 heavy (non-hydrogen) atoms. The van der Waals surface area contributed by atoms with E-state index in [1.54, 1.807) is 0 Å². The fourth-order valence-corrected chi connectivity index (χ4v) is 1.48. The fourth-order valence-electron chi connectivity index (χ4n) is 1.48. The molecule has 0 spiro atoms. The summed E-state index contributed by atoms with van der Waals surface area (Å²) >= 11 is 0. The van der Waals surface area contributed by atoms with Crippen LogP contribution in [0.2, 0.25) is 0 Å². The summed E-state index contributed by atoms with van der Waals surface area (Å²) < 4.78 is 19.9. The minimum Gasteiger partial charge on any atom is -0.463 e. The maximum atomic E-state index is 11.9. The molecule has 0 N–H and O–H groups in total. The van der Waals surface area contributed by atoms with Crippen LogP contribution < -0.4 is 0 Å². The third kappa shape index (κ3) is 2.54. The molecule has 92 valence electrons. The van der Waals surface area contributed by atoms with Gasteiger partial charge in [-0.1, -0.05) is 0 Å². The average molecular weight is 240 g/mol. The van der Waals surface area contributed by atoms with E-state index in [1.807, 2.05) is 0 Å². The van der Waals surface area contributed by atoms with E-state index >= 15 is 0 Å². The summed E-state index contributed by atoms with van der Waals surface area (Å²) in [5.41, 5.74) is 0. The first-order valence-electron chi connectivity index (χ1n) is 5.14. The first kappa shape index (κ1) is 11.8. The minimum atomic E-state index is -0.666. The summed E-state index contributed by atoms with van der Waals surface area (Å²) in [7, 11) is 1.24. The van der Waals surface area contributed by atoms with Crippen molar-refractivity contribution >= 4 is 11.8 Å². The topological polar surface area (TPSA) is 75.0 Å². The fraction of sp³-hybridized carbons (Fsp3) is 0.455. The van der Waals surface area contributed by atoms with Crippen LogP contribution in [0.4, 0.5) is 0 Å². The van der Waals surface area contributed by atoms with E-state index in [1.165, 1.54) is 19.2 Å². The highest BCUT2D eigenvalue weighted by atomic mass is 16.6. The largest absolute Gasteiger partial charge is 0.463 e. The molecule has 0 aliphatic carbocycles. The van der Waals surface area contributed by atoms with Crippen LogP contribution in [0.1, 0.15) is 21.1 Å². The van der Waals surface area contributed by atoms with Crippen molar-refractivity contribution in [3.05, 3.63) is 23.7 Å². The monoisotopic (exact) mass is 240 g/mol. The van der Waals surface area contributed by atoms with E-state index in [0.717, 1.165) is 0 Å². The number of carbonyl (C=O) groups is 2. The van der Waals surface area contributed by atoms with Crippen molar-refractivity contribution in [1.82, 2.24) is 0 Å². The zero-order chi connectivity index (χ0) is 12.3. The molecule has 1 aliphatic rings. The number of esters is 1. The normalized spacial score (nSPS) is 19.9.